The fourth-order valence-corrected chi connectivity index (χ4v) is 3.80. The number of aromatic carboxylic acids is 1. The number of carboxylic acids is 1. The number of carboxylic acid groups (broad SMARTS) is 1. The molecule has 1 aliphatic heterocycles. The van der Waals surface area contributed by atoms with Crippen molar-refractivity contribution in [3.05, 3.63) is 59.2 Å². The first-order valence-electron chi connectivity index (χ1n) is 8.95. The van der Waals surface area contributed by atoms with Gasteiger partial charge in [-0.15, -0.1) is 5.10 Å². The second kappa shape index (κ2) is 6.83. The molecule has 1 amide bonds. The van der Waals surface area contributed by atoms with Crippen molar-refractivity contribution in [2.75, 3.05) is 13.1 Å². The number of hydrogen-bond donors (Lipinski definition) is 1. The topological polar surface area (TPSA) is 88.3 Å². The van der Waals surface area contributed by atoms with Crippen LogP contribution in [0.3, 0.4) is 0 Å². The minimum atomic E-state index is -0.902. The molecule has 1 saturated heterocycles. The summed E-state index contributed by atoms with van der Waals surface area (Å²) in [4.78, 5) is 26.1. The molecule has 4 rings (SSSR count). The summed E-state index contributed by atoms with van der Waals surface area (Å²) in [5, 5.41) is 17.4. The number of amides is 1. The number of fused-ring (bicyclic) bond motifs is 1. The van der Waals surface area contributed by atoms with Crippen molar-refractivity contribution < 1.29 is 14.7 Å². The summed E-state index contributed by atoms with van der Waals surface area (Å²) in [7, 11) is 1.82. The van der Waals surface area contributed by atoms with Gasteiger partial charge in [0.1, 0.15) is 5.52 Å². The van der Waals surface area contributed by atoms with Crippen LogP contribution in [0.15, 0.2) is 42.5 Å². The van der Waals surface area contributed by atoms with E-state index in [1.807, 2.05) is 30.1 Å². The zero-order valence-corrected chi connectivity index (χ0v) is 15.0. The minimum absolute atomic E-state index is 0.0208. The highest BCUT2D eigenvalue weighted by atomic mass is 16.4. The molecule has 2 heterocycles. The molecule has 27 heavy (non-hydrogen) atoms. The molecule has 0 atom stereocenters. The maximum atomic E-state index is 12.8. The summed E-state index contributed by atoms with van der Waals surface area (Å²) in [5.41, 5.74) is 3.41. The molecule has 0 bridgehead atoms. The van der Waals surface area contributed by atoms with Gasteiger partial charge in [0.05, 0.1) is 11.1 Å². The lowest BCUT2D eigenvalue weighted by molar-refractivity contribution is 0.0680. The average molecular weight is 364 g/mol. The van der Waals surface area contributed by atoms with Crippen molar-refractivity contribution in [3.63, 3.8) is 0 Å². The van der Waals surface area contributed by atoms with Gasteiger partial charge in [0, 0.05) is 25.7 Å². The largest absolute Gasteiger partial charge is 0.478 e. The van der Waals surface area contributed by atoms with Gasteiger partial charge in [-0.3, -0.25) is 4.79 Å². The number of carbonyl (C=O) groups excluding carboxylic acids is 1. The van der Waals surface area contributed by atoms with E-state index in [2.05, 4.69) is 10.3 Å². The van der Waals surface area contributed by atoms with Gasteiger partial charge in [-0.05, 0) is 48.6 Å². The molecule has 0 spiro atoms. The van der Waals surface area contributed by atoms with Crippen LogP contribution in [0.2, 0.25) is 0 Å². The Morgan fingerprint density at radius 3 is 2.59 bits per heavy atom. The summed E-state index contributed by atoms with van der Waals surface area (Å²) >= 11 is 0. The Morgan fingerprint density at radius 2 is 1.85 bits per heavy atom. The van der Waals surface area contributed by atoms with Crippen LogP contribution in [-0.4, -0.2) is 50.0 Å². The maximum absolute atomic E-state index is 12.8. The summed E-state index contributed by atoms with van der Waals surface area (Å²) in [6, 6.07) is 12.6. The number of piperidine rings is 1. The second-order valence-corrected chi connectivity index (χ2v) is 6.88. The third kappa shape index (κ3) is 3.16. The highest BCUT2D eigenvalue weighted by Crippen LogP contribution is 2.31. The van der Waals surface area contributed by atoms with E-state index < -0.39 is 5.97 Å². The van der Waals surface area contributed by atoms with Crippen LogP contribution < -0.4 is 0 Å². The van der Waals surface area contributed by atoms with E-state index in [1.165, 1.54) is 0 Å². The van der Waals surface area contributed by atoms with Gasteiger partial charge in [-0.25, -0.2) is 9.48 Å². The van der Waals surface area contributed by atoms with E-state index in [9.17, 15) is 14.7 Å². The zero-order chi connectivity index (χ0) is 19.0. The lowest BCUT2D eigenvalue weighted by Gasteiger charge is -2.32. The molecule has 2 aromatic carbocycles. The van der Waals surface area contributed by atoms with Gasteiger partial charge in [0.25, 0.3) is 5.91 Å². The van der Waals surface area contributed by atoms with Crippen LogP contribution in [0, 0.1) is 0 Å². The number of likely N-dealkylation sites (tertiary alicyclic amines) is 1. The van der Waals surface area contributed by atoms with Gasteiger partial charge >= 0.3 is 5.97 Å². The van der Waals surface area contributed by atoms with Gasteiger partial charge in [0.15, 0.2) is 0 Å². The molecule has 0 unspecified atom stereocenters. The minimum Gasteiger partial charge on any atom is -0.478 e. The molecule has 1 N–H and O–H groups in total. The van der Waals surface area contributed by atoms with Crippen molar-refractivity contribution in [2.45, 2.75) is 18.8 Å². The third-order valence-electron chi connectivity index (χ3n) is 5.27. The van der Waals surface area contributed by atoms with E-state index in [4.69, 9.17) is 0 Å². The zero-order valence-electron chi connectivity index (χ0n) is 15.0. The fourth-order valence-electron chi connectivity index (χ4n) is 3.80. The highest BCUT2D eigenvalue weighted by Gasteiger charge is 2.27. The molecule has 1 aliphatic rings. The van der Waals surface area contributed by atoms with E-state index in [0.717, 1.165) is 23.9 Å². The SMILES string of the molecule is Cn1nnc2cc(C(=O)N3CCC(c4ccccc4C(=O)O)CC3)ccc21. The molecule has 7 heteroatoms. The molecular weight excluding hydrogens is 344 g/mol. The number of rotatable bonds is 3. The Hall–Kier alpha value is -3.22. The van der Waals surface area contributed by atoms with E-state index in [1.54, 1.807) is 28.9 Å². The van der Waals surface area contributed by atoms with Gasteiger partial charge in [0.2, 0.25) is 0 Å². The van der Waals surface area contributed by atoms with E-state index >= 15 is 0 Å². The Balaban J connectivity index is 1.48. The van der Waals surface area contributed by atoms with Gasteiger partial charge < -0.3 is 10.0 Å². The van der Waals surface area contributed by atoms with E-state index in [-0.39, 0.29) is 11.8 Å². The smallest absolute Gasteiger partial charge is 0.335 e. The number of hydrogen-bond acceptors (Lipinski definition) is 4. The van der Waals surface area contributed by atoms with Crippen molar-refractivity contribution in [1.82, 2.24) is 19.9 Å². The maximum Gasteiger partial charge on any atom is 0.335 e. The molecular formula is C20H20N4O3. The van der Waals surface area contributed by atoms with Crippen LogP contribution in [0.5, 0.6) is 0 Å². The van der Waals surface area contributed by atoms with Crippen LogP contribution in [0.25, 0.3) is 11.0 Å². The predicted octanol–water partition coefficient (Wildman–Crippen LogP) is 2.69. The van der Waals surface area contributed by atoms with Crippen LogP contribution in [-0.2, 0) is 7.05 Å². The van der Waals surface area contributed by atoms with Crippen molar-refractivity contribution >= 4 is 22.9 Å². The standard InChI is InChI=1S/C20H20N4O3/c1-23-18-7-6-14(12-17(18)21-22-23)19(25)24-10-8-13(9-11-24)15-4-2-3-5-16(15)20(26)27/h2-7,12-13H,8-11H2,1H3,(H,26,27). The van der Waals surface area contributed by atoms with Gasteiger partial charge in [-0.1, -0.05) is 23.4 Å². The average Bonchev–Trinajstić information content (AvgIpc) is 3.08. The molecule has 7 nitrogen and oxygen atoms in total. The first-order valence-corrected chi connectivity index (χ1v) is 8.95. The lowest BCUT2D eigenvalue weighted by Crippen LogP contribution is -2.38. The normalized spacial score (nSPS) is 15.2. The summed E-state index contributed by atoms with van der Waals surface area (Å²) in [6.45, 7) is 1.21. The molecule has 0 radical (unpaired) electrons. The third-order valence-corrected chi connectivity index (χ3v) is 5.27. The number of aromatic nitrogens is 3. The number of nitrogens with zero attached hydrogens (tertiary/aromatic N) is 4. The molecule has 0 aliphatic carbocycles. The molecule has 1 aromatic heterocycles. The summed E-state index contributed by atoms with van der Waals surface area (Å²) in [6.07, 6.45) is 1.51. The summed E-state index contributed by atoms with van der Waals surface area (Å²) < 4.78 is 1.68. The van der Waals surface area contributed by atoms with Crippen molar-refractivity contribution in [2.24, 2.45) is 7.05 Å². The molecule has 1 fully saturated rings. The first-order chi connectivity index (χ1) is 13.0. The van der Waals surface area contributed by atoms with Crippen LogP contribution in [0.4, 0.5) is 0 Å². The number of aryl methyl sites for hydroxylation is 1. The predicted molar refractivity (Wildman–Crippen MR) is 99.8 cm³/mol. The number of benzene rings is 2. The Labute approximate surface area is 156 Å². The Kier molecular flexibility index (Phi) is 4.35. The van der Waals surface area contributed by atoms with Gasteiger partial charge in [-0.2, -0.15) is 0 Å². The molecule has 138 valence electrons. The van der Waals surface area contributed by atoms with E-state index in [0.29, 0.717) is 29.7 Å². The van der Waals surface area contributed by atoms with Crippen LogP contribution in [0.1, 0.15) is 45.0 Å². The molecule has 3 aromatic rings. The van der Waals surface area contributed by atoms with Crippen molar-refractivity contribution in [1.29, 1.82) is 0 Å². The highest BCUT2D eigenvalue weighted by molar-refractivity contribution is 5.97. The number of carbonyl (C=O) groups is 2. The molecule has 0 saturated carbocycles. The first kappa shape index (κ1) is 17.2. The summed E-state index contributed by atoms with van der Waals surface area (Å²) in [5.74, 6) is -0.766. The Morgan fingerprint density at radius 1 is 1.11 bits per heavy atom. The monoisotopic (exact) mass is 364 g/mol. The quantitative estimate of drug-likeness (QED) is 0.772. The fraction of sp³-hybridized carbons (Fsp3) is 0.300. The van der Waals surface area contributed by atoms with Crippen molar-refractivity contribution in [3.8, 4) is 0 Å². The van der Waals surface area contributed by atoms with Crippen LogP contribution >= 0.6 is 0 Å². The second-order valence-electron chi connectivity index (χ2n) is 6.88. The Bertz CT molecular complexity index is 1020. The lowest BCUT2D eigenvalue weighted by atomic mass is 9.86.